The molecule has 0 aliphatic heterocycles. The molecule has 1 N–H and O–H groups in total. The summed E-state index contributed by atoms with van der Waals surface area (Å²) in [6, 6.07) is 27.9. The van der Waals surface area contributed by atoms with Crippen molar-refractivity contribution in [2.45, 2.75) is 38.2 Å². The number of benzene rings is 3. The van der Waals surface area contributed by atoms with E-state index in [1.165, 1.54) is 22.3 Å². The Morgan fingerprint density at radius 2 is 1.69 bits per heavy atom. The first-order chi connectivity index (χ1) is 15.7. The molecule has 0 amide bonds. The summed E-state index contributed by atoms with van der Waals surface area (Å²) in [6.45, 7) is 2.81. The standard InChI is InChI=1S/C30H30O2/c1-21-18-25(31)13-16-27(21)30-28(23-10-6-3-7-11-23)15-12-24-19-26(14-17-29(24)30)32-20-22-8-4-2-5-9-22/h2-11,13-14,16-19,21,27-28,30-31H,12,15,20H2,1H3/t21?,27?,28-,30+/m1/s1. The van der Waals surface area contributed by atoms with Crippen molar-refractivity contribution in [3.05, 3.63) is 125 Å². The highest BCUT2D eigenvalue weighted by Crippen LogP contribution is 2.50. The Bertz CT molecular complexity index is 1110. The maximum absolute atomic E-state index is 10.0. The first kappa shape index (κ1) is 20.6. The molecule has 0 radical (unpaired) electrons. The Balaban J connectivity index is 1.46. The van der Waals surface area contributed by atoms with Crippen LogP contribution in [0.5, 0.6) is 5.75 Å². The zero-order chi connectivity index (χ0) is 21.9. The smallest absolute Gasteiger partial charge is 0.120 e. The van der Waals surface area contributed by atoms with Crippen LogP contribution in [0.4, 0.5) is 0 Å². The lowest BCUT2D eigenvalue weighted by molar-refractivity contribution is 0.302. The lowest BCUT2D eigenvalue weighted by atomic mass is 9.63. The number of hydrogen-bond donors (Lipinski definition) is 1. The van der Waals surface area contributed by atoms with Gasteiger partial charge in [-0.25, -0.2) is 0 Å². The van der Waals surface area contributed by atoms with Crippen molar-refractivity contribution >= 4 is 0 Å². The van der Waals surface area contributed by atoms with Gasteiger partial charge in [0, 0.05) is 0 Å². The van der Waals surface area contributed by atoms with Crippen molar-refractivity contribution in [2.75, 3.05) is 0 Å². The molecule has 0 fully saturated rings. The molecular formula is C30H30O2. The first-order valence-electron chi connectivity index (χ1n) is 11.6. The average Bonchev–Trinajstić information content (AvgIpc) is 2.83. The molecule has 0 aromatic heterocycles. The predicted molar refractivity (Wildman–Crippen MR) is 130 cm³/mol. The molecule has 2 nitrogen and oxygen atoms in total. The van der Waals surface area contributed by atoms with Crippen molar-refractivity contribution in [1.29, 1.82) is 0 Å². The Morgan fingerprint density at radius 1 is 0.938 bits per heavy atom. The van der Waals surface area contributed by atoms with E-state index in [0.717, 1.165) is 18.6 Å². The van der Waals surface area contributed by atoms with Crippen LogP contribution in [-0.2, 0) is 13.0 Å². The Kier molecular flexibility index (Phi) is 5.85. The van der Waals surface area contributed by atoms with Crippen LogP contribution in [0.15, 0.2) is 103 Å². The number of aryl methyl sites for hydroxylation is 1. The summed E-state index contributed by atoms with van der Waals surface area (Å²) in [5.41, 5.74) is 5.41. The van der Waals surface area contributed by atoms with Crippen LogP contribution in [0.25, 0.3) is 0 Å². The highest BCUT2D eigenvalue weighted by Gasteiger charge is 2.38. The fourth-order valence-corrected chi connectivity index (χ4v) is 5.48. The van der Waals surface area contributed by atoms with Gasteiger partial charge in [0.2, 0.25) is 0 Å². The summed E-state index contributed by atoms with van der Waals surface area (Å²) in [4.78, 5) is 0. The molecule has 2 aliphatic carbocycles. The van der Waals surface area contributed by atoms with E-state index in [1.54, 1.807) is 0 Å². The van der Waals surface area contributed by atoms with Crippen molar-refractivity contribution in [1.82, 2.24) is 0 Å². The van der Waals surface area contributed by atoms with Crippen LogP contribution in [0.1, 0.15) is 47.4 Å². The molecule has 3 aromatic rings. The molecular weight excluding hydrogens is 392 g/mol. The molecule has 3 aromatic carbocycles. The highest BCUT2D eigenvalue weighted by molar-refractivity contribution is 5.44. The van der Waals surface area contributed by atoms with Crippen LogP contribution in [0.3, 0.4) is 0 Å². The molecule has 4 atom stereocenters. The number of hydrogen-bond acceptors (Lipinski definition) is 2. The van der Waals surface area contributed by atoms with Crippen molar-refractivity contribution < 1.29 is 9.84 Å². The van der Waals surface area contributed by atoms with Gasteiger partial charge in [-0.1, -0.05) is 79.7 Å². The molecule has 32 heavy (non-hydrogen) atoms. The van der Waals surface area contributed by atoms with Crippen LogP contribution in [-0.4, -0.2) is 5.11 Å². The Labute approximate surface area is 190 Å². The Hall–Kier alpha value is -3.26. The summed E-state index contributed by atoms with van der Waals surface area (Å²) < 4.78 is 6.13. The minimum absolute atomic E-state index is 0.288. The second-order valence-electron chi connectivity index (χ2n) is 9.10. The number of aliphatic hydroxyl groups excluding tert-OH is 1. The van der Waals surface area contributed by atoms with E-state index in [4.69, 9.17) is 4.74 Å². The molecule has 2 unspecified atom stereocenters. The van der Waals surface area contributed by atoms with Crippen LogP contribution in [0.2, 0.25) is 0 Å². The zero-order valence-electron chi connectivity index (χ0n) is 18.5. The van der Waals surface area contributed by atoms with Gasteiger partial charge in [-0.15, -0.1) is 0 Å². The number of allylic oxidation sites excluding steroid dienone is 3. The Morgan fingerprint density at radius 3 is 2.44 bits per heavy atom. The second kappa shape index (κ2) is 9.08. The predicted octanol–water partition coefficient (Wildman–Crippen LogP) is 7.34. The van der Waals surface area contributed by atoms with Crippen LogP contribution in [0, 0.1) is 11.8 Å². The molecule has 0 heterocycles. The number of fused-ring (bicyclic) bond motifs is 1. The summed E-state index contributed by atoms with van der Waals surface area (Å²) in [5.74, 6) is 2.80. The van der Waals surface area contributed by atoms with E-state index in [1.807, 2.05) is 30.4 Å². The number of ether oxygens (including phenoxy) is 1. The van der Waals surface area contributed by atoms with Crippen LogP contribution >= 0.6 is 0 Å². The lowest BCUT2D eigenvalue weighted by Crippen LogP contribution is -2.29. The zero-order valence-corrected chi connectivity index (χ0v) is 18.5. The highest BCUT2D eigenvalue weighted by atomic mass is 16.5. The fraction of sp³-hybridized carbons (Fsp3) is 0.267. The van der Waals surface area contributed by atoms with Crippen molar-refractivity contribution in [2.24, 2.45) is 11.8 Å². The SMILES string of the molecule is CC1C=C(O)C=CC1[C@@H]1c2ccc(OCc3ccccc3)cc2CC[C@@H]1c1ccccc1. The number of rotatable bonds is 5. The monoisotopic (exact) mass is 422 g/mol. The van der Waals surface area contributed by atoms with Gasteiger partial charge in [0.05, 0.1) is 0 Å². The maximum Gasteiger partial charge on any atom is 0.120 e. The summed E-state index contributed by atoms with van der Waals surface area (Å²) in [6.07, 6.45) is 8.27. The van der Waals surface area contributed by atoms with Gasteiger partial charge in [0.15, 0.2) is 0 Å². The van der Waals surface area contributed by atoms with Gasteiger partial charge >= 0.3 is 0 Å². The van der Waals surface area contributed by atoms with Crippen molar-refractivity contribution in [3.63, 3.8) is 0 Å². The molecule has 2 heteroatoms. The summed E-state index contributed by atoms with van der Waals surface area (Å²) >= 11 is 0. The third-order valence-corrected chi connectivity index (χ3v) is 7.05. The quantitative estimate of drug-likeness (QED) is 0.466. The minimum Gasteiger partial charge on any atom is -0.508 e. The number of aliphatic hydroxyl groups is 1. The van der Waals surface area contributed by atoms with E-state index >= 15 is 0 Å². The average molecular weight is 423 g/mol. The fourth-order valence-electron chi connectivity index (χ4n) is 5.48. The van der Waals surface area contributed by atoms with Gasteiger partial charge in [-0.05, 0) is 83.1 Å². The van der Waals surface area contributed by atoms with E-state index in [0.29, 0.717) is 30.1 Å². The molecule has 2 aliphatic rings. The minimum atomic E-state index is 0.288. The summed E-state index contributed by atoms with van der Waals surface area (Å²) in [7, 11) is 0. The molecule has 0 spiro atoms. The van der Waals surface area contributed by atoms with Gasteiger partial charge in [0.25, 0.3) is 0 Å². The van der Waals surface area contributed by atoms with Gasteiger partial charge in [-0.3, -0.25) is 0 Å². The normalized spacial score (nSPS) is 24.5. The molecule has 0 saturated heterocycles. The maximum atomic E-state index is 10.0. The van der Waals surface area contributed by atoms with E-state index in [9.17, 15) is 5.11 Å². The topological polar surface area (TPSA) is 29.5 Å². The van der Waals surface area contributed by atoms with Gasteiger partial charge in [-0.2, -0.15) is 0 Å². The van der Waals surface area contributed by atoms with Crippen LogP contribution < -0.4 is 4.74 Å². The molecule has 5 rings (SSSR count). The second-order valence-corrected chi connectivity index (χ2v) is 9.10. The first-order valence-corrected chi connectivity index (χ1v) is 11.6. The van der Waals surface area contributed by atoms with Gasteiger partial charge in [0.1, 0.15) is 18.1 Å². The van der Waals surface area contributed by atoms with E-state index in [2.05, 4.69) is 73.7 Å². The molecule has 162 valence electrons. The van der Waals surface area contributed by atoms with Gasteiger partial charge < -0.3 is 9.84 Å². The van der Waals surface area contributed by atoms with E-state index in [-0.39, 0.29) is 5.92 Å². The summed E-state index contributed by atoms with van der Waals surface area (Å²) in [5, 5.41) is 10.0. The third kappa shape index (κ3) is 4.23. The third-order valence-electron chi connectivity index (χ3n) is 7.05. The lowest BCUT2D eigenvalue weighted by Gasteiger charge is -2.41. The van der Waals surface area contributed by atoms with E-state index < -0.39 is 0 Å². The molecule has 0 bridgehead atoms. The molecule has 0 saturated carbocycles. The van der Waals surface area contributed by atoms with Crippen molar-refractivity contribution in [3.8, 4) is 5.75 Å². The largest absolute Gasteiger partial charge is 0.508 e.